The second-order valence-corrected chi connectivity index (χ2v) is 6.80. The molecule has 1 aromatic rings. The molecule has 0 atom stereocenters. The Hall–Kier alpha value is -2.44. The van der Waals surface area contributed by atoms with Crippen molar-refractivity contribution in [2.75, 3.05) is 11.3 Å². The summed E-state index contributed by atoms with van der Waals surface area (Å²) in [6, 6.07) is 6.37. The lowest BCUT2D eigenvalue weighted by Crippen LogP contribution is -2.18. The molecule has 25 heavy (non-hydrogen) atoms. The van der Waals surface area contributed by atoms with Gasteiger partial charge in [-0.05, 0) is 26.0 Å². The molecule has 2 N–H and O–H groups in total. The molecular weight excluding hydrogens is 338 g/mol. The van der Waals surface area contributed by atoms with Crippen LogP contribution in [-0.2, 0) is 10.0 Å². The van der Waals surface area contributed by atoms with Gasteiger partial charge >= 0.3 is 0 Å². The number of carbonyl (C=O) groups excluding carboxylic acids is 1. The molecule has 0 spiro atoms. The molecule has 0 aliphatic heterocycles. The van der Waals surface area contributed by atoms with Gasteiger partial charge in [-0.2, -0.15) is 0 Å². The average Bonchev–Trinajstić information content (AvgIpc) is 2.60. The zero-order chi connectivity index (χ0) is 18.9. The van der Waals surface area contributed by atoms with Crippen molar-refractivity contribution >= 4 is 21.5 Å². The summed E-state index contributed by atoms with van der Waals surface area (Å²) in [7, 11) is -3.85. The number of aliphatic hydroxyl groups is 1. The number of sulfonamides is 1. The second-order valence-electron chi connectivity index (χ2n) is 5.06. The highest BCUT2D eigenvalue weighted by Crippen LogP contribution is 2.23. The van der Waals surface area contributed by atoms with E-state index in [0.29, 0.717) is 5.57 Å². The van der Waals surface area contributed by atoms with E-state index in [1.807, 2.05) is 6.92 Å². The fourth-order valence-electron chi connectivity index (χ4n) is 2.12. The SMILES string of the molecule is C=C/C(=C\C=C/C)C(=O)c1ccccc1NS(=O)(=O)/C(=C/C)CCO. The number of rotatable bonds is 9. The molecule has 0 saturated heterocycles. The number of allylic oxidation sites excluding steroid dienone is 6. The largest absolute Gasteiger partial charge is 0.396 e. The summed E-state index contributed by atoms with van der Waals surface area (Å²) in [5, 5.41) is 9.01. The summed E-state index contributed by atoms with van der Waals surface area (Å²) in [5.41, 5.74) is 0.755. The van der Waals surface area contributed by atoms with Crippen molar-refractivity contribution in [3.8, 4) is 0 Å². The quantitative estimate of drug-likeness (QED) is 0.400. The van der Waals surface area contributed by atoms with Crippen LogP contribution in [-0.4, -0.2) is 25.9 Å². The predicted molar refractivity (Wildman–Crippen MR) is 102 cm³/mol. The third-order valence-corrected chi connectivity index (χ3v) is 5.01. The molecule has 0 amide bonds. The molecule has 0 heterocycles. The van der Waals surface area contributed by atoms with Crippen molar-refractivity contribution in [1.82, 2.24) is 0 Å². The van der Waals surface area contributed by atoms with Crippen LogP contribution >= 0.6 is 0 Å². The van der Waals surface area contributed by atoms with E-state index in [4.69, 9.17) is 5.11 Å². The molecule has 0 aromatic heterocycles. The summed E-state index contributed by atoms with van der Waals surface area (Å²) in [6.07, 6.45) is 7.95. The Bertz CT molecular complexity index is 818. The maximum absolute atomic E-state index is 12.7. The van der Waals surface area contributed by atoms with E-state index in [-0.39, 0.29) is 35.0 Å². The summed E-state index contributed by atoms with van der Waals surface area (Å²) in [4.78, 5) is 12.8. The first-order valence-corrected chi connectivity index (χ1v) is 9.27. The molecule has 5 nitrogen and oxygen atoms in total. The number of hydrogen-bond acceptors (Lipinski definition) is 4. The molecule has 1 rings (SSSR count). The van der Waals surface area contributed by atoms with E-state index < -0.39 is 10.0 Å². The van der Waals surface area contributed by atoms with E-state index in [1.165, 1.54) is 18.2 Å². The highest BCUT2D eigenvalue weighted by molar-refractivity contribution is 7.96. The molecule has 0 saturated carbocycles. The van der Waals surface area contributed by atoms with Gasteiger partial charge in [-0.25, -0.2) is 8.42 Å². The Labute approximate surface area is 149 Å². The number of para-hydroxylation sites is 1. The molecule has 0 radical (unpaired) electrons. The fourth-order valence-corrected chi connectivity index (χ4v) is 3.39. The van der Waals surface area contributed by atoms with Gasteiger partial charge in [0.05, 0.1) is 10.6 Å². The van der Waals surface area contributed by atoms with E-state index in [0.717, 1.165) is 0 Å². The highest BCUT2D eigenvalue weighted by atomic mass is 32.2. The van der Waals surface area contributed by atoms with Crippen molar-refractivity contribution in [3.05, 3.63) is 77.3 Å². The molecule has 134 valence electrons. The van der Waals surface area contributed by atoms with Gasteiger partial charge in [0.1, 0.15) is 0 Å². The Morgan fingerprint density at radius 3 is 2.52 bits per heavy atom. The van der Waals surface area contributed by atoms with Gasteiger partial charge in [-0.1, -0.05) is 49.1 Å². The number of ketones is 1. The van der Waals surface area contributed by atoms with Crippen molar-refractivity contribution in [2.45, 2.75) is 20.3 Å². The Morgan fingerprint density at radius 2 is 1.96 bits per heavy atom. The Kier molecular flexibility index (Phi) is 8.04. The monoisotopic (exact) mass is 361 g/mol. The Morgan fingerprint density at radius 1 is 1.28 bits per heavy atom. The lowest BCUT2D eigenvalue weighted by molar-refractivity contribution is 0.103. The second kappa shape index (κ2) is 9.76. The molecule has 6 heteroatoms. The highest BCUT2D eigenvalue weighted by Gasteiger charge is 2.20. The topological polar surface area (TPSA) is 83.5 Å². The van der Waals surface area contributed by atoms with Crippen molar-refractivity contribution in [2.24, 2.45) is 0 Å². The van der Waals surface area contributed by atoms with Gasteiger partial charge in [0.2, 0.25) is 0 Å². The molecular formula is C19H23NO4S. The summed E-state index contributed by atoms with van der Waals surface area (Å²) < 4.78 is 27.4. The van der Waals surface area contributed by atoms with Crippen LogP contribution < -0.4 is 4.72 Å². The minimum absolute atomic E-state index is 0.00104. The first kappa shape index (κ1) is 20.6. The zero-order valence-electron chi connectivity index (χ0n) is 14.4. The number of Topliss-reactive ketones (excluding diaryl/α,β-unsaturated/α-hetero) is 1. The van der Waals surface area contributed by atoms with Crippen LogP contribution in [0.3, 0.4) is 0 Å². The first-order valence-electron chi connectivity index (χ1n) is 7.79. The van der Waals surface area contributed by atoms with Crippen LogP contribution in [0.15, 0.2) is 71.7 Å². The minimum Gasteiger partial charge on any atom is -0.396 e. The Balaban J connectivity index is 3.29. The van der Waals surface area contributed by atoms with Gasteiger partial charge in [-0.15, -0.1) is 0 Å². The van der Waals surface area contributed by atoms with E-state index in [1.54, 1.807) is 43.4 Å². The normalized spacial score (nSPS) is 13.1. The van der Waals surface area contributed by atoms with Crippen LogP contribution in [0.1, 0.15) is 30.6 Å². The van der Waals surface area contributed by atoms with Crippen LogP contribution in [0, 0.1) is 0 Å². The number of benzene rings is 1. The number of carbonyl (C=O) groups is 1. The molecule has 0 aliphatic rings. The lowest BCUT2D eigenvalue weighted by atomic mass is 10.0. The molecule has 0 fully saturated rings. The van der Waals surface area contributed by atoms with Crippen LogP contribution in [0.25, 0.3) is 0 Å². The fraction of sp³-hybridized carbons (Fsp3) is 0.211. The van der Waals surface area contributed by atoms with Gasteiger partial charge < -0.3 is 5.11 Å². The summed E-state index contributed by atoms with van der Waals surface area (Å²) >= 11 is 0. The standard InChI is InChI=1S/C19H23NO4S/c1-4-7-10-15(5-2)19(22)17-11-8-9-12-18(17)20-25(23,24)16(6-3)13-14-21/h4-12,20-21H,2,13-14H2,1,3H3/b7-4-,15-10+,16-6+. The molecule has 0 unspecified atom stereocenters. The number of aliphatic hydroxyl groups excluding tert-OH is 1. The number of anilines is 1. The van der Waals surface area contributed by atoms with Crippen LogP contribution in [0.5, 0.6) is 0 Å². The maximum Gasteiger partial charge on any atom is 0.257 e. The number of nitrogens with one attached hydrogen (secondary N) is 1. The van der Waals surface area contributed by atoms with Crippen LogP contribution in [0.2, 0.25) is 0 Å². The van der Waals surface area contributed by atoms with Gasteiger partial charge in [0.15, 0.2) is 5.78 Å². The minimum atomic E-state index is -3.85. The van der Waals surface area contributed by atoms with Gasteiger partial charge in [-0.3, -0.25) is 9.52 Å². The smallest absolute Gasteiger partial charge is 0.257 e. The van der Waals surface area contributed by atoms with Crippen molar-refractivity contribution < 1.29 is 18.3 Å². The van der Waals surface area contributed by atoms with Gasteiger partial charge in [0, 0.05) is 24.2 Å². The predicted octanol–water partition coefficient (Wildman–Crippen LogP) is 3.59. The van der Waals surface area contributed by atoms with Crippen molar-refractivity contribution in [1.29, 1.82) is 0 Å². The lowest BCUT2D eigenvalue weighted by Gasteiger charge is -2.14. The summed E-state index contributed by atoms with van der Waals surface area (Å²) in [6.45, 7) is 6.75. The molecule has 0 bridgehead atoms. The average molecular weight is 361 g/mol. The van der Waals surface area contributed by atoms with E-state index in [9.17, 15) is 13.2 Å². The van der Waals surface area contributed by atoms with Gasteiger partial charge in [0.25, 0.3) is 10.0 Å². The van der Waals surface area contributed by atoms with E-state index in [2.05, 4.69) is 11.3 Å². The molecule has 1 aromatic carbocycles. The van der Waals surface area contributed by atoms with Crippen molar-refractivity contribution in [3.63, 3.8) is 0 Å². The zero-order valence-corrected chi connectivity index (χ0v) is 15.2. The van der Waals surface area contributed by atoms with E-state index >= 15 is 0 Å². The third-order valence-electron chi connectivity index (χ3n) is 3.39. The van der Waals surface area contributed by atoms with Crippen LogP contribution in [0.4, 0.5) is 5.69 Å². The first-order chi connectivity index (χ1) is 11.9. The summed E-state index contributed by atoms with van der Waals surface area (Å²) in [5.74, 6) is -0.337. The number of hydrogen-bond donors (Lipinski definition) is 2. The maximum atomic E-state index is 12.7. The third kappa shape index (κ3) is 5.55. The molecule has 0 aliphatic carbocycles.